The molecule has 4 nitrogen and oxygen atoms in total. The molecule has 0 N–H and O–H groups in total. The molecule has 0 saturated carbocycles. The molecule has 0 aliphatic carbocycles. The zero-order valence-corrected chi connectivity index (χ0v) is 13.0. The van der Waals surface area contributed by atoms with Gasteiger partial charge in [0.05, 0.1) is 14.2 Å². The number of carbonyl (C=O) groups is 1. The van der Waals surface area contributed by atoms with Gasteiger partial charge in [-0.3, -0.25) is 4.79 Å². The largest absolute Gasteiger partial charge is 0.493 e. The third kappa shape index (κ3) is 3.78. The van der Waals surface area contributed by atoms with Gasteiger partial charge in [0, 0.05) is 18.7 Å². The molecule has 21 heavy (non-hydrogen) atoms. The van der Waals surface area contributed by atoms with Crippen molar-refractivity contribution in [1.29, 1.82) is 0 Å². The number of carbonyl (C=O) groups excluding carboxylic acids is 1. The number of benzene rings is 1. The summed E-state index contributed by atoms with van der Waals surface area (Å²) >= 11 is 0. The molecular weight excluding hydrogens is 266 g/mol. The Bertz CT molecular complexity index is 525. The Morgan fingerprint density at radius 1 is 1.24 bits per heavy atom. The van der Waals surface area contributed by atoms with Crippen molar-refractivity contribution >= 4 is 12.0 Å². The second-order valence-electron chi connectivity index (χ2n) is 5.32. The van der Waals surface area contributed by atoms with Gasteiger partial charge >= 0.3 is 0 Å². The fraction of sp³-hybridized carbons (Fsp3) is 0.471. The molecule has 0 radical (unpaired) electrons. The number of rotatable bonds is 4. The summed E-state index contributed by atoms with van der Waals surface area (Å²) in [6.45, 7) is 2.97. The second-order valence-corrected chi connectivity index (χ2v) is 5.32. The van der Waals surface area contributed by atoms with Crippen LogP contribution in [0.15, 0.2) is 24.3 Å². The van der Waals surface area contributed by atoms with Crippen LogP contribution in [0, 0.1) is 0 Å². The van der Waals surface area contributed by atoms with Crippen LogP contribution in [-0.2, 0) is 4.79 Å². The van der Waals surface area contributed by atoms with Crippen molar-refractivity contribution in [3.63, 3.8) is 0 Å². The first-order chi connectivity index (χ1) is 10.2. The molecule has 1 heterocycles. The number of ether oxygens (including phenoxy) is 2. The fourth-order valence-electron chi connectivity index (χ4n) is 2.65. The van der Waals surface area contributed by atoms with Crippen LogP contribution >= 0.6 is 0 Å². The van der Waals surface area contributed by atoms with E-state index in [1.54, 1.807) is 20.3 Å². The Kier molecular flexibility index (Phi) is 5.26. The Labute approximate surface area is 126 Å². The van der Waals surface area contributed by atoms with Crippen LogP contribution in [0.5, 0.6) is 11.5 Å². The zero-order chi connectivity index (χ0) is 15.2. The second kappa shape index (κ2) is 7.16. The van der Waals surface area contributed by atoms with Gasteiger partial charge in [-0.05, 0) is 50.0 Å². The van der Waals surface area contributed by atoms with Gasteiger partial charge in [0.15, 0.2) is 11.5 Å². The van der Waals surface area contributed by atoms with Crippen molar-refractivity contribution < 1.29 is 14.3 Å². The molecule has 1 aliphatic rings. The highest BCUT2D eigenvalue weighted by molar-refractivity contribution is 5.92. The molecule has 0 unspecified atom stereocenters. The van der Waals surface area contributed by atoms with Crippen LogP contribution in [0.2, 0.25) is 0 Å². The van der Waals surface area contributed by atoms with Crippen molar-refractivity contribution in [3.05, 3.63) is 29.8 Å². The van der Waals surface area contributed by atoms with Gasteiger partial charge in [-0.1, -0.05) is 6.07 Å². The Hall–Kier alpha value is -1.97. The molecule has 1 atom stereocenters. The standard InChI is InChI=1S/C17H23NO3/c1-13-6-4-5-11-18(13)17(19)10-8-14-7-9-15(20-2)16(12-14)21-3/h7-10,12-13H,4-6,11H2,1-3H3/b10-8+/t13-/m0/s1. The monoisotopic (exact) mass is 289 g/mol. The summed E-state index contributed by atoms with van der Waals surface area (Å²) in [5, 5.41) is 0. The van der Waals surface area contributed by atoms with Crippen LogP contribution in [0.1, 0.15) is 31.7 Å². The molecule has 0 bridgehead atoms. The molecule has 114 valence electrons. The maximum absolute atomic E-state index is 12.2. The molecule has 1 aliphatic heterocycles. The minimum absolute atomic E-state index is 0.0805. The number of methoxy groups -OCH3 is 2. The van der Waals surface area contributed by atoms with Crippen LogP contribution < -0.4 is 9.47 Å². The smallest absolute Gasteiger partial charge is 0.246 e. The van der Waals surface area contributed by atoms with E-state index in [0.717, 1.165) is 24.9 Å². The van der Waals surface area contributed by atoms with Crippen LogP contribution in [0.3, 0.4) is 0 Å². The highest BCUT2D eigenvalue weighted by atomic mass is 16.5. The lowest BCUT2D eigenvalue weighted by molar-refractivity contribution is -0.129. The molecule has 2 rings (SSSR count). The van der Waals surface area contributed by atoms with Gasteiger partial charge in [-0.15, -0.1) is 0 Å². The predicted octanol–water partition coefficient (Wildman–Crippen LogP) is 3.12. The van der Waals surface area contributed by atoms with Crippen LogP contribution in [0.25, 0.3) is 6.08 Å². The van der Waals surface area contributed by atoms with E-state index < -0.39 is 0 Å². The molecule has 1 fully saturated rings. The van der Waals surface area contributed by atoms with Crippen LogP contribution in [-0.4, -0.2) is 37.6 Å². The highest BCUT2D eigenvalue weighted by Gasteiger charge is 2.21. The molecule has 0 spiro atoms. The first kappa shape index (κ1) is 15.4. The summed E-state index contributed by atoms with van der Waals surface area (Å²) in [6.07, 6.45) is 6.87. The van der Waals surface area contributed by atoms with E-state index in [1.807, 2.05) is 29.2 Å². The van der Waals surface area contributed by atoms with E-state index in [1.165, 1.54) is 6.42 Å². The zero-order valence-electron chi connectivity index (χ0n) is 13.0. The van der Waals surface area contributed by atoms with Gasteiger partial charge in [0.2, 0.25) is 5.91 Å². The van der Waals surface area contributed by atoms with Gasteiger partial charge in [0.1, 0.15) is 0 Å². The van der Waals surface area contributed by atoms with Crippen molar-refractivity contribution in [2.75, 3.05) is 20.8 Å². The number of hydrogen-bond donors (Lipinski definition) is 0. The lowest BCUT2D eigenvalue weighted by Gasteiger charge is -2.32. The summed E-state index contributed by atoms with van der Waals surface area (Å²) in [7, 11) is 3.21. The highest BCUT2D eigenvalue weighted by Crippen LogP contribution is 2.28. The van der Waals surface area contributed by atoms with E-state index in [4.69, 9.17) is 9.47 Å². The van der Waals surface area contributed by atoms with Gasteiger partial charge in [-0.25, -0.2) is 0 Å². The van der Waals surface area contributed by atoms with Gasteiger partial charge in [-0.2, -0.15) is 0 Å². The topological polar surface area (TPSA) is 38.8 Å². The summed E-state index contributed by atoms with van der Waals surface area (Å²) in [5.41, 5.74) is 0.922. The number of hydrogen-bond acceptors (Lipinski definition) is 3. The van der Waals surface area contributed by atoms with E-state index in [2.05, 4.69) is 6.92 Å². The number of amides is 1. The summed E-state index contributed by atoms with van der Waals surface area (Å²) < 4.78 is 10.5. The Morgan fingerprint density at radius 2 is 2.00 bits per heavy atom. The molecule has 1 saturated heterocycles. The Morgan fingerprint density at radius 3 is 2.67 bits per heavy atom. The van der Waals surface area contributed by atoms with Crippen molar-refractivity contribution in [3.8, 4) is 11.5 Å². The maximum Gasteiger partial charge on any atom is 0.246 e. The quantitative estimate of drug-likeness (QED) is 0.799. The molecule has 1 aromatic rings. The lowest BCUT2D eigenvalue weighted by atomic mass is 10.0. The first-order valence-corrected chi connectivity index (χ1v) is 7.36. The fourth-order valence-corrected chi connectivity index (χ4v) is 2.65. The molecule has 4 heteroatoms. The predicted molar refractivity (Wildman–Crippen MR) is 83.6 cm³/mol. The third-order valence-corrected chi connectivity index (χ3v) is 3.91. The average Bonchev–Trinajstić information content (AvgIpc) is 2.52. The van der Waals surface area contributed by atoms with Crippen molar-refractivity contribution in [1.82, 2.24) is 4.90 Å². The molecule has 1 amide bonds. The molecule has 0 aromatic heterocycles. The van der Waals surface area contributed by atoms with Crippen LogP contribution in [0.4, 0.5) is 0 Å². The summed E-state index contributed by atoms with van der Waals surface area (Å²) in [4.78, 5) is 14.2. The third-order valence-electron chi connectivity index (χ3n) is 3.91. The minimum Gasteiger partial charge on any atom is -0.493 e. The van der Waals surface area contributed by atoms with Crippen molar-refractivity contribution in [2.24, 2.45) is 0 Å². The number of nitrogens with zero attached hydrogens (tertiary/aromatic N) is 1. The van der Waals surface area contributed by atoms with Gasteiger partial charge < -0.3 is 14.4 Å². The molecule has 1 aromatic carbocycles. The molecular formula is C17H23NO3. The maximum atomic E-state index is 12.2. The van der Waals surface area contributed by atoms with E-state index in [-0.39, 0.29) is 5.91 Å². The van der Waals surface area contributed by atoms with E-state index in [9.17, 15) is 4.79 Å². The lowest BCUT2D eigenvalue weighted by Crippen LogP contribution is -2.41. The first-order valence-electron chi connectivity index (χ1n) is 7.36. The van der Waals surface area contributed by atoms with Gasteiger partial charge in [0.25, 0.3) is 0 Å². The van der Waals surface area contributed by atoms with E-state index in [0.29, 0.717) is 17.5 Å². The average molecular weight is 289 g/mol. The minimum atomic E-state index is 0.0805. The normalized spacial score (nSPS) is 18.8. The summed E-state index contributed by atoms with van der Waals surface area (Å²) in [5.74, 6) is 1.43. The summed E-state index contributed by atoms with van der Waals surface area (Å²) in [6, 6.07) is 5.95. The Balaban J connectivity index is 2.08. The SMILES string of the molecule is COc1ccc(/C=C/C(=O)N2CCCC[C@@H]2C)cc1OC. The number of likely N-dealkylation sites (tertiary alicyclic amines) is 1. The number of piperidine rings is 1. The van der Waals surface area contributed by atoms with E-state index >= 15 is 0 Å². The van der Waals surface area contributed by atoms with Crippen molar-refractivity contribution in [2.45, 2.75) is 32.2 Å².